The van der Waals surface area contributed by atoms with Crippen LogP contribution in [0, 0.1) is 0 Å². The van der Waals surface area contributed by atoms with Crippen LogP contribution in [0.2, 0.25) is 0 Å². The highest BCUT2D eigenvalue weighted by Gasteiger charge is 2.19. The van der Waals surface area contributed by atoms with E-state index in [1.165, 1.54) is 31.4 Å². The Bertz CT molecular complexity index is 638. The van der Waals surface area contributed by atoms with Crippen molar-refractivity contribution in [3.05, 3.63) is 29.8 Å². The summed E-state index contributed by atoms with van der Waals surface area (Å²) in [5.41, 5.74) is 0.954. The molecule has 1 aliphatic carbocycles. The van der Waals surface area contributed by atoms with Gasteiger partial charge in [-0.1, -0.05) is 31.4 Å². The van der Waals surface area contributed by atoms with Crippen LogP contribution in [-0.4, -0.2) is 33.0 Å². The predicted molar refractivity (Wildman–Crippen MR) is 94.0 cm³/mol. The average Bonchev–Trinajstić information content (AvgIpc) is 2.55. The second kappa shape index (κ2) is 8.60. The summed E-state index contributed by atoms with van der Waals surface area (Å²) in [6.07, 6.45) is 6.71. The summed E-state index contributed by atoms with van der Waals surface area (Å²) in [6, 6.07) is 6.66. The van der Waals surface area contributed by atoms with Gasteiger partial charge in [0.25, 0.3) is 0 Å². The van der Waals surface area contributed by atoms with Crippen molar-refractivity contribution in [3.8, 4) is 0 Å². The van der Waals surface area contributed by atoms with Gasteiger partial charge in [0.2, 0.25) is 15.9 Å². The molecule has 0 unspecified atom stereocenters. The second-order valence-corrected chi connectivity index (χ2v) is 8.01. The molecule has 0 bridgehead atoms. The summed E-state index contributed by atoms with van der Waals surface area (Å²) < 4.78 is 22.4. The van der Waals surface area contributed by atoms with E-state index in [1.54, 1.807) is 12.1 Å². The second-order valence-electron chi connectivity index (χ2n) is 6.45. The van der Waals surface area contributed by atoms with Gasteiger partial charge in [-0.3, -0.25) is 4.79 Å². The number of nitrogens with two attached hydrogens (primary N) is 1. The molecule has 134 valence electrons. The van der Waals surface area contributed by atoms with Gasteiger partial charge < -0.3 is 10.6 Å². The normalized spacial score (nSPS) is 17.4. The summed E-state index contributed by atoms with van der Waals surface area (Å²) in [6.45, 7) is 2.41. The van der Waals surface area contributed by atoms with Gasteiger partial charge in [0.15, 0.2) is 0 Å². The van der Waals surface area contributed by atoms with Gasteiger partial charge in [0, 0.05) is 12.6 Å². The molecule has 1 saturated carbocycles. The van der Waals surface area contributed by atoms with Crippen LogP contribution in [0.4, 0.5) is 0 Å². The number of hydrogen-bond acceptors (Lipinski definition) is 4. The lowest BCUT2D eigenvalue weighted by atomic mass is 9.95. The lowest BCUT2D eigenvalue weighted by Gasteiger charge is -2.26. The molecule has 0 spiro atoms. The molecular formula is C17H27N3O3S. The molecule has 0 aliphatic heterocycles. The lowest BCUT2D eigenvalue weighted by molar-refractivity contribution is -0.122. The van der Waals surface area contributed by atoms with Crippen molar-refractivity contribution < 1.29 is 13.2 Å². The summed E-state index contributed by atoms with van der Waals surface area (Å²) in [5, 5.41) is 11.4. The van der Waals surface area contributed by atoms with Crippen molar-refractivity contribution in [3.63, 3.8) is 0 Å². The molecular weight excluding hydrogens is 326 g/mol. The molecule has 6 nitrogen and oxygen atoms in total. The molecule has 0 aromatic heterocycles. The maximum absolute atomic E-state index is 12.1. The zero-order valence-electron chi connectivity index (χ0n) is 14.1. The van der Waals surface area contributed by atoms with Gasteiger partial charge >= 0.3 is 0 Å². The summed E-state index contributed by atoms with van der Waals surface area (Å²) in [7, 11) is -3.66. The van der Waals surface area contributed by atoms with Gasteiger partial charge in [-0.15, -0.1) is 0 Å². The number of primary sulfonamides is 1. The number of benzene rings is 1. The van der Waals surface area contributed by atoms with Crippen molar-refractivity contribution in [2.75, 3.05) is 6.54 Å². The highest BCUT2D eigenvalue weighted by molar-refractivity contribution is 7.89. The maximum atomic E-state index is 12.1. The van der Waals surface area contributed by atoms with Crippen molar-refractivity contribution in [2.24, 2.45) is 5.14 Å². The first-order valence-corrected chi connectivity index (χ1v) is 10.1. The summed E-state index contributed by atoms with van der Waals surface area (Å²) in [5.74, 6) is 0.00160. The van der Waals surface area contributed by atoms with Crippen molar-refractivity contribution in [1.29, 1.82) is 0 Å². The Kier molecular flexibility index (Phi) is 6.77. The summed E-state index contributed by atoms with van der Waals surface area (Å²) in [4.78, 5) is 12.2. The number of carbonyl (C=O) groups is 1. The van der Waals surface area contributed by atoms with Crippen LogP contribution in [0.25, 0.3) is 0 Å². The molecule has 0 radical (unpaired) electrons. The fourth-order valence-electron chi connectivity index (χ4n) is 3.03. The van der Waals surface area contributed by atoms with E-state index in [9.17, 15) is 13.2 Å². The van der Waals surface area contributed by atoms with E-state index in [0.29, 0.717) is 19.0 Å². The van der Waals surface area contributed by atoms with Crippen molar-refractivity contribution in [1.82, 2.24) is 10.6 Å². The van der Waals surface area contributed by atoms with Crippen LogP contribution in [0.3, 0.4) is 0 Å². The SMILES string of the molecule is C[C@H](NC1CCCCC1)C(=O)NCCc1ccc(S(N)(=O)=O)cc1. The Morgan fingerprint density at radius 3 is 2.42 bits per heavy atom. The number of sulfonamides is 1. The monoisotopic (exact) mass is 353 g/mol. The molecule has 0 heterocycles. The van der Waals surface area contributed by atoms with Gasteiger partial charge in [0.05, 0.1) is 10.9 Å². The van der Waals surface area contributed by atoms with Gasteiger partial charge in [-0.25, -0.2) is 13.6 Å². The Morgan fingerprint density at radius 2 is 1.83 bits per heavy atom. The average molecular weight is 353 g/mol. The number of rotatable bonds is 7. The molecule has 1 aromatic carbocycles. The molecule has 2 rings (SSSR count). The van der Waals surface area contributed by atoms with Gasteiger partial charge in [-0.2, -0.15) is 0 Å². The molecule has 1 atom stereocenters. The third-order valence-corrected chi connectivity index (χ3v) is 5.38. The minimum Gasteiger partial charge on any atom is -0.354 e. The van der Waals surface area contributed by atoms with E-state index in [-0.39, 0.29) is 16.8 Å². The highest BCUT2D eigenvalue weighted by atomic mass is 32.2. The van der Waals surface area contributed by atoms with Crippen LogP contribution >= 0.6 is 0 Å². The maximum Gasteiger partial charge on any atom is 0.238 e. The number of carbonyl (C=O) groups excluding carboxylic acids is 1. The summed E-state index contributed by atoms with van der Waals surface area (Å²) >= 11 is 0. The van der Waals surface area contributed by atoms with E-state index in [1.807, 2.05) is 6.92 Å². The van der Waals surface area contributed by atoms with E-state index in [4.69, 9.17) is 5.14 Å². The quantitative estimate of drug-likeness (QED) is 0.688. The predicted octanol–water partition coefficient (Wildman–Crippen LogP) is 1.30. The Morgan fingerprint density at radius 1 is 1.21 bits per heavy atom. The van der Waals surface area contributed by atoms with Crippen LogP contribution in [-0.2, 0) is 21.2 Å². The van der Waals surface area contributed by atoms with Crippen LogP contribution in [0.5, 0.6) is 0 Å². The van der Waals surface area contributed by atoms with E-state index >= 15 is 0 Å². The minimum absolute atomic E-state index is 0.00160. The zero-order valence-corrected chi connectivity index (χ0v) is 14.9. The highest BCUT2D eigenvalue weighted by Crippen LogP contribution is 2.17. The lowest BCUT2D eigenvalue weighted by Crippen LogP contribution is -2.47. The first kappa shape index (κ1) is 18.9. The first-order valence-electron chi connectivity index (χ1n) is 8.52. The Labute approximate surface area is 144 Å². The van der Waals surface area contributed by atoms with Crippen LogP contribution in [0.1, 0.15) is 44.6 Å². The number of nitrogens with one attached hydrogen (secondary N) is 2. The zero-order chi connectivity index (χ0) is 17.6. The molecule has 1 aromatic rings. The third kappa shape index (κ3) is 5.89. The van der Waals surface area contributed by atoms with Crippen LogP contribution < -0.4 is 15.8 Å². The van der Waals surface area contributed by atoms with Gasteiger partial charge in [-0.05, 0) is 43.9 Å². The third-order valence-electron chi connectivity index (χ3n) is 4.45. The molecule has 0 saturated heterocycles. The molecule has 1 aliphatic rings. The molecule has 1 amide bonds. The van der Waals surface area contributed by atoms with Crippen molar-refractivity contribution in [2.45, 2.75) is 62.4 Å². The Balaban J connectivity index is 1.73. The molecule has 1 fully saturated rings. The smallest absolute Gasteiger partial charge is 0.238 e. The van der Waals surface area contributed by atoms with E-state index in [0.717, 1.165) is 18.4 Å². The first-order chi connectivity index (χ1) is 11.4. The molecule has 7 heteroatoms. The van der Waals surface area contributed by atoms with Crippen LogP contribution in [0.15, 0.2) is 29.2 Å². The fraction of sp³-hybridized carbons (Fsp3) is 0.588. The molecule has 4 N–H and O–H groups in total. The standard InChI is InChI=1S/C17H27N3O3S/c1-13(20-15-5-3-2-4-6-15)17(21)19-12-11-14-7-9-16(10-8-14)24(18,22)23/h7-10,13,15,20H,2-6,11-12H2,1H3,(H,19,21)(H2,18,22,23)/t13-/m0/s1. The van der Waals surface area contributed by atoms with E-state index in [2.05, 4.69) is 10.6 Å². The topological polar surface area (TPSA) is 101 Å². The van der Waals surface area contributed by atoms with E-state index < -0.39 is 10.0 Å². The number of amides is 1. The van der Waals surface area contributed by atoms with Gasteiger partial charge in [0.1, 0.15) is 0 Å². The Hall–Kier alpha value is -1.44. The minimum atomic E-state index is -3.66. The molecule has 24 heavy (non-hydrogen) atoms. The number of hydrogen-bond donors (Lipinski definition) is 3. The van der Waals surface area contributed by atoms with Crippen molar-refractivity contribution >= 4 is 15.9 Å². The largest absolute Gasteiger partial charge is 0.354 e. The fourth-order valence-corrected chi connectivity index (χ4v) is 3.54.